The molecule has 3 aliphatic rings. The van der Waals surface area contributed by atoms with Crippen molar-refractivity contribution >= 4 is 17.3 Å². The quantitative estimate of drug-likeness (QED) is 0.807. The molecule has 0 unspecified atom stereocenters. The van der Waals surface area contributed by atoms with E-state index in [1.165, 1.54) is 63.4 Å². The van der Waals surface area contributed by atoms with E-state index in [-0.39, 0.29) is 0 Å². The van der Waals surface area contributed by atoms with E-state index in [9.17, 15) is 0 Å². The second-order valence-corrected chi connectivity index (χ2v) is 7.92. The zero-order valence-corrected chi connectivity index (χ0v) is 15.7. The molecule has 136 valence electrons. The molecule has 0 spiro atoms. The highest BCUT2D eigenvalue weighted by molar-refractivity contribution is 7.80. The number of thiocarbonyl (C=S) groups is 1. The summed E-state index contributed by atoms with van der Waals surface area (Å²) in [6.45, 7) is 1.17. The second kappa shape index (κ2) is 7.81. The molecular weight excluding hydrogens is 332 g/mol. The van der Waals surface area contributed by atoms with Crippen LogP contribution in [-0.2, 0) is 6.54 Å². The minimum Gasteiger partial charge on any atom is -0.454 e. The van der Waals surface area contributed by atoms with E-state index in [1.54, 1.807) is 0 Å². The molecule has 1 aromatic carbocycles. The number of nitrogens with one attached hydrogen (secondary N) is 1. The van der Waals surface area contributed by atoms with Gasteiger partial charge in [0.1, 0.15) is 0 Å². The second-order valence-electron chi connectivity index (χ2n) is 7.54. The molecule has 2 aliphatic carbocycles. The third-order valence-corrected chi connectivity index (χ3v) is 6.10. The van der Waals surface area contributed by atoms with Crippen LogP contribution in [0.4, 0.5) is 0 Å². The Bertz CT molecular complexity index is 610. The van der Waals surface area contributed by atoms with Crippen LogP contribution >= 0.6 is 12.2 Å². The lowest BCUT2D eigenvalue weighted by Crippen LogP contribution is -2.48. The zero-order chi connectivity index (χ0) is 17.1. The van der Waals surface area contributed by atoms with E-state index in [4.69, 9.17) is 21.7 Å². The maximum atomic E-state index is 5.85. The molecule has 5 heteroatoms. The van der Waals surface area contributed by atoms with Crippen molar-refractivity contribution in [1.82, 2.24) is 10.2 Å². The molecule has 0 amide bonds. The summed E-state index contributed by atoms with van der Waals surface area (Å²) in [5.41, 5.74) is 1.24. The van der Waals surface area contributed by atoms with Crippen molar-refractivity contribution in [3.05, 3.63) is 23.8 Å². The first-order chi connectivity index (χ1) is 12.3. The predicted octanol–water partition coefficient (Wildman–Crippen LogP) is 4.37. The highest BCUT2D eigenvalue weighted by Gasteiger charge is 2.27. The van der Waals surface area contributed by atoms with Crippen molar-refractivity contribution in [2.45, 2.75) is 76.4 Å². The lowest BCUT2D eigenvalue weighted by atomic mass is 9.96. The van der Waals surface area contributed by atoms with Gasteiger partial charge in [0.05, 0.1) is 0 Å². The molecule has 0 saturated heterocycles. The Morgan fingerprint density at radius 3 is 2.52 bits per heavy atom. The summed E-state index contributed by atoms with van der Waals surface area (Å²) in [4.78, 5) is 2.43. The van der Waals surface area contributed by atoms with Crippen molar-refractivity contribution in [3.63, 3.8) is 0 Å². The van der Waals surface area contributed by atoms with Crippen molar-refractivity contribution in [2.24, 2.45) is 0 Å². The first-order valence-electron chi connectivity index (χ1n) is 9.75. The third-order valence-electron chi connectivity index (χ3n) is 5.75. The zero-order valence-electron chi connectivity index (χ0n) is 14.8. The Kier molecular flexibility index (Phi) is 5.30. The molecule has 0 aromatic heterocycles. The summed E-state index contributed by atoms with van der Waals surface area (Å²) in [7, 11) is 0. The molecule has 1 N–H and O–H groups in total. The summed E-state index contributed by atoms with van der Waals surface area (Å²) < 4.78 is 11.0. The highest BCUT2D eigenvalue weighted by atomic mass is 32.1. The van der Waals surface area contributed by atoms with Crippen LogP contribution in [-0.4, -0.2) is 28.9 Å². The van der Waals surface area contributed by atoms with E-state index in [0.717, 1.165) is 23.2 Å². The number of rotatable bonds is 4. The number of ether oxygens (including phenoxy) is 2. The Labute approximate surface area is 155 Å². The van der Waals surface area contributed by atoms with Crippen molar-refractivity contribution in [1.29, 1.82) is 0 Å². The Balaban J connectivity index is 1.46. The fourth-order valence-corrected chi connectivity index (χ4v) is 4.70. The monoisotopic (exact) mass is 360 g/mol. The van der Waals surface area contributed by atoms with Crippen LogP contribution < -0.4 is 14.8 Å². The van der Waals surface area contributed by atoms with Gasteiger partial charge in [0.2, 0.25) is 6.79 Å². The number of hydrogen-bond acceptors (Lipinski definition) is 3. The van der Waals surface area contributed by atoms with E-state index in [2.05, 4.69) is 22.3 Å². The predicted molar refractivity (Wildman–Crippen MR) is 103 cm³/mol. The molecule has 0 atom stereocenters. The molecule has 2 fully saturated rings. The van der Waals surface area contributed by atoms with Crippen LogP contribution in [0.5, 0.6) is 11.5 Å². The van der Waals surface area contributed by atoms with Gasteiger partial charge in [-0.15, -0.1) is 0 Å². The molecule has 4 nitrogen and oxygen atoms in total. The van der Waals surface area contributed by atoms with Crippen LogP contribution in [0.1, 0.15) is 63.4 Å². The lowest BCUT2D eigenvalue weighted by molar-refractivity contribution is 0.174. The van der Waals surface area contributed by atoms with Gasteiger partial charge in [-0.1, -0.05) is 38.2 Å². The van der Waals surface area contributed by atoms with Gasteiger partial charge < -0.3 is 19.7 Å². The minimum atomic E-state index is 0.326. The largest absolute Gasteiger partial charge is 0.454 e. The van der Waals surface area contributed by atoms with Crippen LogP contribution in [0.3, 0.4) is 0 Å². The molecule has 1 aliphatic heterocycles. The minimum absolute atomic E-state index is 0.326. The summed E-state index contributed by atoms with van der Waals surface area (Å²) in [5, 5.41) is 4.61. The number of benzene rings is 1. The smallest absolute Gasteiger partial charge is 0.231 e. The summed E-state index contributed by atoms with van der Waals surface area (Å²) in [5.74, 6) is 1.70. The van der Waals surface area contributed by atoms with Crippen LogP contribution in [0.25, 0.3) is 0 Å². The third kappa shape index (κ3) is 4.02. The van der Waals surface area contributed by atoms with E-state index < -0.39 is 0 Å². The van der Waals surface area contributed by atoms with Crippen molar-refractivity contribution in [3.8, 4) is 11.5 Å². The van der Waals surface area contributed by atoms with Crippen LogP contribution in [0.2, 0.25) is 0 Å². The van der Waals surface area contributed by atoms with Gasteiger partial charge in [-0.25, -0.2) is 0 Å². The fraction of sp³-hybridized carbons (Fsp3) is 0.650. The van der Waals surface area contributed by atoms with Crippen molar-refractivity contribution in [2.75, 3.05) is 6.79 Å². The van der Waals surface area contributed by atoms with Gasteiger partial charge in [-0.2, -0.15) is 0 Å². The number of hydrogen-bond donors (Lipinski definition) is 1. The Morgan fingerprint density at radius 1 is 1.00 bits per heavy atom. The maximum Gasteiger partial charge on any atom is 0.231 e. The molecule has 2 saturated carbocycles. The Morgan fingerprint density at radius 2 is 1.72 bits per heavy atom. The van der Waals surface area contributed by atoms with Gasteiger partial charge in [-0.05, 0) is 55.6 Å². The fourth-order valence-electron chi connectivity index (χ4n) is 4.32. The van der Waals surface area contributed by atoms with Gasteiger partial charge in [0.15, 0.2) is 16.6 Å². The molecule has 25 heavy (non-hydrogen) atoms. The van der Waals surface area contributed by atoms with Gasteiger partial charge in [0, 0.05) is 18.6 Å². The average molecular weight is 361 g/mol. The SMILES string of the molecule is S=C(NC1CCCCC1)N(Cc1ccc2c(c1)OCO2)C1CCCC1. The van der Waals surface area contributed by atoms with Gasteiger partial charge in [0.25, 0.3) is 0 Å². The lowest BCUT2D eigenvalue weighted by Gasteiger charge is -2.35. The van der Waals surface area contributed by atoms with Crippen LogP contribution in [0, 0.1) is 0 Å². The average Bonchev–Trinajstić information content (AvgIpc) is 3.31. The first-order valence-corrected chi connectivity index (χ1v) is 10.2. The van der Waals surface area contributed by atoms with Crippen molar-refractivity contribution < 1.29 is 9.47 Å². The topological polar surface area (TPSA) is 33.7 Å². The maximum absolute atomic E-state index is 5.85. The van der Waals surface area contributed by atoms with E-state index in [1.807, 2.05) is 6.07 Å². The molecular formula is C20H28N2O2S. The van der Waals surface area contributed by atoms with E-state index >= 15 is 0 Å². The molecule has 0 bridgehead atoms. The summed E-state index contributed by atoms with van der Waals surface area (Å²) in [6, 6.07) is 7.38. The standard InChI is InChI=1S/C20H28N2O2S/c25-20(21-16-6-2-1-3-7-16)22(17-8-4-5-9-17)13-15-10-11-18-19(12-15)24-14-23-18/h10-12,16-17H,1-9,13-14H2,(H,21,25). The first kappa shape index (κ1) is 17.0. The molecule has 1 heterocycles. The van der Waals surface area contributed by atoms with E-state index in [0.29, 0.717) is 18.9 Å². The molecule has 0 radical (unpaired) electrons. The van der Waals surface area contributed by atoms with Crippen LogP contribution in [0.15, 0.2) is 18.2 Å². The summed E-state index contributed by atoms with van der Waals surface area (Å²) >= 11 is 5.85. The van der Waals surface area contributed by atoms with Gasteiger partial charge in [-0.3, -0.25) is 0 Å². The number of nitrogens with zero attached hydrogens (tertiary/aromatic N) is 1. The van der Waals surface area contributed by atoms with Gasteiger partial charge >= 0.3 is 0 Å². The molecule has 4 rings (SSSR count). The molecule has 1 aromatic rings. The number of fused-ring (bicyclic) bond motifs is 1. The Hall–Kier alpha value is -1.49. The highest BCUT2D eigenvalue weighted by Crippen LogP contribution is 2.34. The normalized spacial score (nSPS) is 20.6. The summed E-state index contributed by atoms with van der Waals surface area (Å²) in [6.07, 6.45) is 11.6.